The molecule has 8 heteroatoms. The van der Waals surface area contributed by atoms with Gasteiger partial charge < -0.3 is 9.64 Å². The van der Waals surface area contributed by atoms with Gasteiger partial charge in [-0.05, 0) is 77.0 Å². The summed E-state index contributed by atoms with van der Waals surface area (Å²) in [5, 5.41) is 0. The second kappa shape index (κ2) is 8.82. The lowest BCUT2D eigenvalue weighted by molar-refractivity contribution is 0.0988. The van der Waals surface area contributed by atoms with Gasteiger partial charge in [-0.2, -0.15) is 0 Å². The lowest BCUT2D eigenvalue weighted by atomic mass is 10.0. The Kier molecular flexibility index (Phi) is 5.86. The molecule has 0 unspecified atom stereocenters. The number of ketones is 1. The summed E-state index contributed by atoms with van der Waals surface area (Å²) in [7, 11) is 1.43. The second-order valence-corrected chi connectivity index (χ2v) is 9.42. The molecule has 2 bridgehead atoms. The third-order valence-electron chi connectivity index (χ3n) is 6.55. The minimum Gasteiger partial charge on any atom is -0.496 e. The first-order valence-electron chi connectivity index (χ1n) is 10.9. The highest BCUT2D eigenvalue weighted by molar-refractivity contribution is 9.10. The summed E-state index contributed by atoms with van der Waals surface area (Å²) in [6, 6.07) is 9.54. The highest BCUT2D eigenvalue weighted by Gasteiger charge is 2.39. The Morgan fingerprint density at radius 1 is 1.21 bits per heavy atom. The molecule has 2 aromatic carbocycles. The Bertz CT molecular complexity index is 1240. The number of ether oxygens (including phenoxy) is 1. The minimum absolute atomic E-state index is 0.0156. The van der Waals surface area contributed by atoms with Crippen molar-refractivity contribution in [2.24, 2.45) is 5.92 Å². The van der Waals surface area contributed by atoms with Gasteiger partial charge in [-0.1, -0.05) is 6.07 Å². The summed E-state index contributed by atoms with van der Waals surface area (Å²) in [5.74, 6) is -0.245. The number of halogens is 3. The molecule has 0 amide bonds. The van der Waals surface area contributed by atoms with Crippen molar-refractivity contribution in [2.75, 3.05) is 18.6 Å². The van der Waals surface area contributed by atoms with Crippen LogP contribution in [0, 0.1) is 17.6 Å². The molecule has 0 spiro atoms. The lowest BCUT2D eigenvalue weighted by Gasteiger charge is -2.31. The predicted molar refractivity (Wildman–Crippen MR) is 125 cm³/mol. The molecule has 1 aromatic heterocycles. The largest absolute Gasteiger partial charge is 0.496 e. The zero-order valence-electron chi connectivity index (χ0n) is 18.0. The predicted octanol–water partition coefficient (Wildman–Crippen LogP) is 5.61. The number of aromatic nitrogens is 2. The fourth-order valence-electron chi connectivity index (χ4n) is 5.00. The van der Waals surface area contributed by atoms with Crippen LogP contribution >= 0.6 is 15.9 Å². The summed E-state index contributed by atoms with van der Waals surface area (Å²) >= 11 is 3.29. The summed E-state index contributed by atoms with van der Waals surface area (Å²) < 4.78 is 34.6. The fourth-order valence-corrected chi connectivity index (χ4v) is 5.33. The van der Waals surface area contributed by atoms with E-state index in [0.29, 0.717) is 22.0 Å². The molecule has 1 saturated heterocycles. The van der Waals surface area contributed by atoms with E-state index in [-0.39, 0.29) is 35.0 Å². The summed E-state index contributed by atoms with van der Waals surface area (Å²) in [5.41, 5.74) is 1.74. The van der Waals surface area contributed by atoms with Gasteiger partial charge in [-0.25, -0.2) is 18.7 Å². The number of benzene rings is 2. The van der Waals surface area contributed by atoms with E-state index in [1.54, 1.807) is 12.1 Å². The first-order chi connectivity index (χ1) is 15.9. The van der Waals surface area contributed by atoms with Crippen LogP contribution in [0.4, 0.5) is 14.5 Å². The maximum absolute atomic E-state index is 14.5. The molecule has 2 heterocycles. The van der Waals surface area contributed by atoms with Crippen molar-refractivity contribution < 1.29 is 18.3 Å². The highest BCUT2D eigenvalue weighted by Crippen LogP contribution is 2.42. The van der Waals surface area contributed by atoms with E-state index >= 15 is 0 Å². The SMILES string of the molecule is COc1cccc(F)c1-c1nccc(C(=O)Cc2cc(F)c(Br)cc2N2C[C@H]3CC[C@@H]2C3)n1. The van der Waals surface area contributed by atoms with Crippen LogP contribution in [0.1, 0.15) is 35.3 Å². The Hall–Kier alpha value is -2.87. The van der Waals surface area contributed by atoms with Gasteiger partial charge in [0, 0.05) is 30.9 Å². The van der Waals surface area contributed by atoms with E-state index in [2.05, 4.69) is 30.8 Å². The Labute approximate surface area is 198 Å². The van der Waals surface area contributed by atoms with E-state index in [9.17, 15) is 13.6 Å². The molecular formula is C25H22BrF2N3O2. The number of Topliss-reactive ketones (excluding diaryl/α,β-unsaturated/α-hetero) is 1. The molecule has 33 heavy (non-hydrogen) atoms. The number of anilines is 1. The molecule has 5 nitrogen and oxygen atoms in total. The first kappa shape index (κ1) is 21.9. The van der Waals surface area contributed by atoms with Crippen LogP contribution in [0.25, 0.3) is 11.4 Å². The molecular weight excluding hydrogens is 492 g/mol. The second-order valence-electron chi connectivity index (χ2n) is 8.56. The third kappa shape index (κ3) is 4.12. The van der Waals surface area contributed by atoms with Crippen molar-refractivity contribution in [3.8, 4) is 17.1 Å². The van der Waals surface area contributed by atoms with Gasteiger partial charge in [-0.3, -0.25) is 4.79 Å². The topological polar surface area (TPSA) is 55.3 Å². The van der Waals surface area contributed by atoms with Gasteiger partial charge in [-0.15, -0.1) is 0 Å². The number of carbonyl (C=O) groups excluding carboxylic acids is 1. The molecule has 0 radical (unpaired) electrons. The van der Waals surface area contributed by atoms with E-state index in [4.69, 9.17) is 4.74 Å². The normalized spacial score (nSPS) is 19.2. The monoisotopic (exact) mass is 513 g/mol. The summed E-state index contributed by atoms with van der Waals surface area (Å²) in [6.45, 7) is 0.925. The molecule has 1 saturated carbocycles. The highest BCUT2D eigenvalue weighted by atomic mass is 79.9. The van der Waals surface area contributed by atoms with Crippen LogP contribution in [0.3, 0.4) is 0 Å². The molecule has 170 valence electrons. The molecule has 2 aliphatic rings. The van der Waals surface area contributed by atoms with Gasteiger partial charge in [0.05, 0.1) is 17.1 Å². The van der Waals surface area contributed by atoms with Crippen molar-refractivity contribution in [2.45, 2.75) is 31.7 Å². The average Bonchev–Trinajstić information content (AvgIpc) is 3.45. The quantitative estimate of drug-likeness (QED) is 0.401. The van der Waals surface area contributed by atoms with E-state index in [0.717, 1.165) is 25.1 Å². The molecule has 2 atom stereocenters. The standard InChI is InChI=1S/C25H22BrF2N3O2/c1-33-23-4-2-3-18(27)24(23)25-29-8-7-20(30-25)22(32)11-15-10-19(28)17(26)12-21(15)31-13-14-5-6-16(31)9-14/h2-4,7-8,10,12,14,16H,5-6,9,11,13H2,1H3/t14-,16+/m0/s1. The van der Waals surface area contributed by atoms with Crippen molar-refractivity contribution in [3.63, 3.8) is 0 Å². The van der Waals surface area contributed by atoms with Crippen LogP contribution in [0.15, 0.2) is 47.1 Å². The van der Waals surface area contributed by atoms with Gasteiger partial charge in [0.15, 0.2) is 11.6 Å². The molecule has 5 rings (SSSR count). The lowest BCUT2D eigenvalue weighted by Crippen LogP contribution is -2.33. The number of fused-ring (bicyclic) bond motifs is 2. The summed E-state index contributed by atoms with van der Waals surface area (Å²) in [4.78, 5) is 24.0. The maximum atomic E-state index is 14.5. The van der Waals surface area contributed by atoms with Gasteiger partial charge in [0.2, 0.25) is 0 Å². The van der Waals surface area contributed by atoms with Crippen LogP contribution < -0.4 is 9.64 Å². The number of hydrogen-bond acceptors (Lipinski definition) is 5. The van der Waals surface area contributed by atoms with Crippen LogP contribution in [-0.4, -0.2) is 35.4 Å². The third-order valence-corrected chi connectivity index (χ3v) is 7.16. The number of rotatable bonds is 6. The van der Waals surface area contributed by atoms with Gasteiger partial charge in [0.1, 0.15) is 23.1 Å². The van der Waals surface area contributed by atoms with Crippen LogP contribution in [0.5, 0.6) is 5.75 Å². The Morgan fingerprint density at radius 2 is 2.06 bits per heavy atom. The van der Waals surface area contributed by atoms with Crippen molar-refractivity contribution >= 4 is 27.4 Å². The number of piperidine rings is 1. The maximum Gasteiger partial charge on any atom is 0.185 e. The van der Waals surface area contributed by atoms with Crippen molar-refractivity contribution in [3.05, 3.63) is 70.0 Å². The van der Waals surface area contributed by atoms with Crippen LogP contribution in [-0.2, 0) is 6.42 Å². The van der Waals surface area contributed by atoms with Gasteiger partial charge in [0.25, 0.3) is 0 Å². The van der Waals surface area contributed by atoms with E-state index in [1.807, 2.05) is 0 Å². The van der Waals surface area contributed by atoms with Crippen molar-refractivity contribution in [1.82, 2.24) is 9.97 Å². The molecule has 3 aromatic rings. The average molecular weight is 514 g/mol. The summed E-state index contributed by atoms with van der Waals surface area (Å²) in [6.07, 6.45) is 4.89. The Balaban J connectivity index is 1.47. The van der Waals surface area contributed by atoms with Gasteiger partial charge >= 0.3 is 0 Å². The molecule has 1 aliphatic carbocycles. The Morgan fingerprint density at radius 3 is 2.79 bits per heavy atom. The number of carbonyl (C=O) groups is 1. The zero-order valence-corrected chi connectivity index (χ0v) is 19.6. The molecule has 2 fully saturated rings. The number of methoxy groups -OCH3 is 1. The van der Waals surface area contributed by atoms with E-state index < -0.39 is 11.6 Å². The number of hydrogen-bond donors (Lipinski definition) is 0. The molecule has 1 aliphatic heterocycles. The first-order valence-corrected chi connectivity index (χ1v) is 11.7. The van der Waals surface area contributed by atoms with E-state index in [1.165, 1.54) is 44.0 Å². The number of nitrogens with zero attached hydrogens (tertiary/aromatic N) is 3. The fraction of sp³-hybridized carbons (Fsp3) is 0.320. The smallest absolute Gasteiger partial charge is 0.185 e. The molecule has 0 N–H and O–H groups in total. The van der Waals surface area contributed by atoms with Crippen LogP contribution in [0.2, 0.25) is 0 Å². The zero-order chi connectivity index (χ0) is 23.1. The minimum atomic E-state index is -0.541. The van der Waals surface area contributed by atoms with Crippen molar-refractivity contribution in [1.29, 1.82) is 0 Å².